The summed E-state index contributed by atoms with van der Waals surface area (Å²) < 4.78 is 11.5. The van der Waals surface area contributed by atoms with Gasteiger partial charge in [-0.1, -0.05) is 18.2 Å². The highest BCUT2D eigenvalue weighted by Gasteiger charge is 2.17. The average molecular weight is 395 g/mol. The fraction of sp³-hybridized carbons (Fsp3) is 0.190. The van der Waals surface area contributed by atoms with E-state index >= 15 is 0 Å². The molecule has 0 aliphatic carbocycles. The summed E-state index contributed by atoms with van der Waals surface area (Å²) in [4.78, 5) is 31.2. The maximum Gasteiger partial charge on any atom is 0.335 e. The maximum absolute atomic E-state index is 12.3. The minimum absolute atomic E-state index is 0.0664. The summed E-state index contributed by atoms with van der Waals surface area (Å²) in [6.45, 7) is 1.82. The average Bonchev–Trinajstić information content (AvgIpc) is 2.72. The molecule has 29 heavy (non-hydrogen) atoms. The van der Waals surface area contributed by atoms with Crippen LogP contribution in [0.3, 0.4) is 0 Å². The van der Waals surface area contributed by atoms with Crippen molar-refractivity contribution >= 4 is 5.71 Å². The second-order valence-electron chi connectivity index (χ2n) is 6.25. The van der Waals surface area contributed by atoms with Gasteiger partial charge in [0.25, 0.3) is 5.56 Å². The molecule has 0 radical (unpaired) electrons. The number of H-pyrrole nitrogens is 1. The number of rotatable bonds is 6. The first kappa shape index (κ1) is 19.9. The smallest absolute Gasteiger partial charge is 0.335 e. The van der Waals surface area contributed by atoms with Crippen LogP contribution in [0.4, 0.5) is 0 Å². The van der Waals surface area contributed by atoms with Crippen LogP contribution in [0, 0.1) is 0 Å². The van der Waals surface area contributed by atoms with Crippen LogP contribution >= 0.6 is 0 Å². The minimum Gasteiger partial charge on any atom is -0.497 e. The van der Waals surface area contributed by atoms with E-state index in [2.05, 4.69) is 9.98 Å². The Morgan fingerprint density at radius 1 is 1.07 bits per heavy atom. The molecule has 2 N–H and O–H groups in total. The van der Waals surface area contributed by atoms with Gasteiger partial charge in [-0.15, -0.1) is 0 Å². The Kier molecular flexibility index (Phi) is 5.82. The molecule has 1 aromatic heterocycles. The Morgan fingerprint density at radius 2 is 1.69 bits per heavy atom. The van der Waals surface area contributed by atoms with Crippen molar-refractivity contribution in [2.75, 3.05) is 14.2 Å². The van der Waals surface area contributed by atoms with Crippen LogP contribution in [0.25, 0.3) is 5.69 Å². The van der Waals surface area contributed by atoms with Gasteiger partial charge in [0, 0.05) is 6.07 Å². The Bertz CT molecular complexity index is 1140. The number of methoxy groups -OCH3 is 2. The minimum atomic E-state index is -0.729. The van der Waals surface area contributed by atoms with Gasteiger partial charge in [-0.3, -0.25) is 14.8 Å². The van der Waals surface area contributed by atoms with Crippen molar-refractivity contribution in [3.05, 3.63) is 80.5 Å². The molecule has 3 aromatic rings. The summed E-state index contributed by atoms with van der Waals surface area (Å²) in [7, 11) is 3.11. The van der Waals surface area contributed by atoms with Crippen molar-refractivity contribution in [2.45, 2.75) is 13.5 Å². The summed E-state index contributed by atoms with van der Waals surface area (Å²) in [5, 5.41) is 10.7. The van der Waals surface area contributed by atoms with Crippen molar-refractivity contribution in [1.29, 1.82) is 0 Å². The van der Waals surface area contributed by atoms with E-state index in [4.69, 9.17) is 9.47 Å². The number of ether oxygens (including phenoxy) is 2. The molecular formula is C21H21N3O5. The van der Waals surface area contributed by atoms with Gasteiger partial charge in [0.15, 0.2) is 0 Å². The Labute approximate surface area is 166 Å². The van der Waals surface area contributed by atoms with E-state index in [1.165, 1.54) is 0 Å². The second kappa shape index (κ2) is 8.47. The van der Waals surface area contributed by atoms with Gasteiger partial charge in [-0.2, -0.15) is 0 Å². The monoisotopic (exact) mass is 395 g/mol. The van der Waals surface area contributed by atoms with E-state index in [0.717, 1.165) is 10.1 Å². The van der Waals surface area contributed by atoms with E-state index in [1.807, 2.05) is 0 Å². The highest BCUT2D eigenvalue weighted by Crippen LogP contribution is 2.23. The third-order valence-electron chi connectivity index (χ3n) is 4.37. The van der Waals surface area contributed by atoms with E-state index < -0.39 is 17.1 Å². The lowest BCUT2D eigenvalue weighted by Crippen LogP contribution is -2.32. The van der Waals surface area contributed by atoms with Gasteiger partial charge >= 0.3 is 5.69 Å². The SMILES string of the molecule is COc1cc(CN=C(C)c2c(O)n(-c3ccccc3)c(=O)[nH]c2=O)cc(OC)c1. The van der Waals surface area contributed by atoms with Crippen LogP contribution in [-0.4, -0.2) is 34.6 Å². The third-order valence-corrected chi connectivity index (χ3v) is 4.37. The molecule has 1 heterocycles. The maximum atomic E-state index is 12.3. The Balaban J connectivity index is 2.03. The summed E-state index contributed by atoms with van der Waals surface area (Å²) in [6.07, 6.45) is 0. The number of aromatic amines is 1. The van der Waals surface area contributed by atoms with Crippen molar-refractivity contribution in [3.8, 4) is 23.1 Å². The molecule has 0 unspecified atom stereocenters. The van der Waals surface area contributed by atoms with Gasteiger partial charge in [0.2, 0.25) is 5.88 Å². The van der Waals surface area contributed by atoms with Gasteiger partial charge in [0.05, 0.1) is 32.2 Å². The number of para-hydroxylation sites is 1. The zero-order valence-corrected chi connectivity index (χ0v) is 16.3. The lowest BCUT2D eigenvalue weighted by Gasteiger charge is -2.11. The summed E-state index contributed by atoms with van der Waals surface area (Å²) in [5.41, 5.74) is 0.0150. The fourth-order valence-electron chi connectivity index (χ4n) is 2.91. The normalized spacial score (nSPS) is 11.3. The Morgan fingerprint density at radius 3 is 2.28 bits per heavy atom. The Hall–Kier alpha value is -3.81. The summed E-state index contributed by atoms with van der Waals surface area (Å²) in [5.74, 6) is 0.769. The lowest BCUT2D eigenvalue weighted by atomic mass is 10.1. The fourth-order valence-corrected chi connectivity index (χ4v) is 2.91. The predicted octanol–water partition coefficient (Wildman–Crippen LogP) is 2.26. The summed E-state index contributed by atoms with van der Waals surface area (Å²) >= 11 is 0. The zero-order valence-electron chi connectivity index (χ0n) is 16.3. The van der Waals surface area contributed by atoms with Crippen LogP contribution in [0.2, 0.25) is 0 Å². The first-order valence-corrected chi connectivity index (χ1v) is 8.81. The number of nitrogens with zero attached hydrogens (tertiary/aromatic N) is 2. The van der Waals surface area contributed by atoms with Crippen molar-refractivity contribution in [1.82, 2.24) is 9.55 Å². The topological polar surface area (TPSA) is 106 Å². The van der Waals surface area contributed by atoms with E-state index in [-0.39, 0.29) is 17.8 Å². The highest BCUT2D eigenvalue weighted by atomic mass is 16.5. The molecular weight excluding hydrogens is 374 g/mol. The molecule has 0 spiro atoms. The van der Waals surface area contributed by atoms with Crippen molar-refractivity contribution in [3.63, 3.8) is 0 Å². The molecule has 3 rings (SSSR count). The van der Waals surface area contributed by atoms with Gasteiger partial charge in [-0.25, -0.2) is 9.36 Å². The van der Waals surface area contributed by atoms with Crippen LogP contribution in [0.5, 0.6) is 17.4 Å². The molecule has 0 atom stereocenters. The van der Waals surface area contributed by atoms with Gasteiger partial charge < -0.3 is 14.6 Å². The zero-order chi connectivity index (χ0) is 21.0. The number of nitrogens with one attached hydrogen (secondary N) is 1. The van der Waals surface area contributed by atoms with E-state index in [9.17, 15) is 14.7 Å². The number of aromatic hydroxyl groups is 1. The van der Waals surface area contributed by atoms with E-state index in [1.54, 1.807) is 69.7 Å². The van der Waals surface area contributed by atoms with Crippen LogP contribution in [-0.2, 0) is 6.54 Å². The molecule has 0 fully saturated rings. The second-order valence-corrected chi connectivity index (χ2v) is 6.25. The van der Waals surface area contributed by atoms with E-state index in [0.29, 0.717) is 17.2 Å². The standard InChI is InChI=1S/C21H21N3O5/c1-13(22-12-14-9-16(28-2)11-17(10-14)29-3)18-19(25)23-21(27)24(20(18)26)15-7-5-4-6-8-15/h4-11,26H,12H2,1-3H3,(H,23,25,27). The summed E-state index contributed by atoms with van der Waals surface area (Å²) in [6, 6.07) is 13.9. The molecule has 150 valence electrons. The lowest BCUT2D eigenvalue weighted by molar-refractivity contribution is 0.393. The first-order chi connectivity index (χ1) is 13.9. The molecule has 0 aliphatic rings. The number of benzene rings is 2. The van der Waals surface area contributed by atoms with Crippen molar-refractivity contribution < 1.29 is 14.6 Å². The molecule has 0 bridgehead atoms. The van der Waals surface area contributed by atoms with Crippen LogP contribution < -0.4 is 20.7 Å². The molecule has 0 saturated heterocycles. The first-order valence-electron chi connectivity index (χ1n) is 8.81. The molecule has 2 aromatic carbocycles. The number of aliphatic imine (C=N–C) groups is 1. The molecule has 0 saturated carbocycles. The third kappa shape index (κ3) is 4.21. The molecule has 0 amide bonds. The number of hydrogen-bond acceptors (Lipinski definition) is 6. The number of hydrogen-bond donors (Lipinski definition) is 2. The molecule has 8 nitrogen and oxygen atoms in total. The quantitative estimate of drug-likeness (QED) is 0.623. The molecule has 0 aliphatic heterocycles. The highest BCUT2D eigenvalue weighted by molar-refractivity contribution is 6.00. The van der Waals surface area contributed by atoms with Crippen molar-refractivity contribution in [2.24, 2.45) is 4.99 Å². The van der Waals surface area contributed by atoms with Crippen LogP contribution in [0.15, 0.2) is 63.1 Å². The molecule has 8 heteroatoms. The largest absolute Gasteiger partial charge is 0.497 e. The van der Waals surface area contributed by atoms with Gasteiger partial charge in [-0.05, 0) is 36.8 Å². The number of aromatic nitrogens is 2. The van der Waals surface area contributed by atoms with Crippen LogP contribution in [0.1, 0.15) is 18.1 Å². The predicted molar refractivity (Wildman–Crippen MR) is 110 cm³/mol. The van der Waals surface area contributed by atoms with Gasteiger partial charge in [0.1, 0.15) is 17.1 Å².